The first-order valence-electron chi connectivity index (χ1n) is 5.78. The number of carboxylic acid groups (broad SMARTS) is 1. The second-order valence-corrected chi connectivity index (χ2v) is 3.86. The van der Waals surface area contributed by atoms with Gasteiger partial charge in [-0.05, 0) is 26.7 Å². The molecule has 0 aliphatic rings. The van der Waals surface area contributed by atoms with Crippen molar-refractivity contribution in [3.05, 3.63) is 0 Å². The van der Waals surface area contributed by atoms with Crippen LogP contribution in [0.4, 0.5) is 4.79 Å². The van der Waals surface area contributed by atoms with Crippen LogP contribution in [-0.4, -0.2) is 41.1 Å². The number of hydrogen-bond acceptors (Lipinski definition) is 2. The molecule has 16 heavy (non-hydrogen) atoms. The van der Waals surface area contributed by atoms with Crippen LogP contribution in [0.3, 0.4) is 0 Å². The minimum absolute atomic E-state index is 0.0847. The summed E-state index contributed by atoms with van der Waals surface area (Å²) in [6.45, 7) is 7.17. The predicted octanol–water partition coefficient (Wildman–Crippen LogP) is 1.68. The molecule has 0 spiro atoms. The van der Waals surface area contributed by atoms with E-state index in [2.05, 4.69) is 5.32 Å². The summed E-state index contributed by atoms with van der Waals surface area (Å²) in [6, 6.07) is -0.211. The monoisotopic (exact) mass is 230 g/mol. The van der Waals surface area contributed by atoms with Crippen molar-refractivity contribution < 1.29 is 14.7 Å². The quantitative estimate of drug-likeness (QED) is 0.699. The molecule has 0 fully saturated rings. The molecule has 0 heterocycles. The van der Waals surface area contributed by atoms with Gasteiger partial charge in [0, 0.05) is 25.6 Å². The van der Waals surface area contributed by atoms with Crippen LogP contribution in [-0.2, 0) is 4.79 Å². The highest BCUT2D eigenvalue weighted by Gasteiger charge is 2.13. The Morgan fingerprint density at radius 1 is 1.38 bits per heavy atom. The molecule has 5 nitrogen and oxygen atoms in total. The largest absolute Gasteiger partial charge is 0.481 e. The number of amides is 2. The van der Waals surface area contributed by atoms with Gasteiger partial charge in [0.2, 0.25) is 0 Å². The van der Waals surface area contributed by atoms with E-state index in [0.29, 0.717) is 13.0 Å². The van der Waals surface area contributed by atoms with E-state index >= 15 is 0 Å². The Balaban J connectivity index is 3.96. The lowest BCUT2D eigenvalue weighted by Crippen LogP contribution is -2.44. The van der Waals surface area contributed by atoms with Gasteiger partial charge in [-0.15, -0.1) is 0 Å². The van der Waals surface area contributed by atoms with Gasteiger partial charge in [0.05, 0.1) is 0 Å². The average Bonchev–Trinajstić information content (AvgIpc) is 2.22. The first-order valence-corrected chi connectivity index (χ1v) is 5.78. The van der Waals surface area contributed by atoms with Crippen molar-refractivity contribution >= 4 is 12.0 Å². The number of carbonyl (C=O) groups is 2. The molecule has 0 bridgehead atoms. The molecule has 1 atom stereocenters. The lowest BCUT2D eigenvalue weighted by Gasteiger charge is -2.23. The molecular weight excluding hydrogens is 208 g/mol. The van der Waals surface area contributed by atoms with E-state index in [1.165, 1.54) is 0 Å². The molecule has 0 aromatic heterocycles. The zero-order valence-corrected chi connectivity index (χ0v) is 10.3. The SMILES string of the molecule is CCCN(CC)C(=O)NC(C)CCC(=O)O. The topological polar surface area (TPSA) is 69.6 Å². The summed E-state index contributed by atoms with van der Waals surface area (Å²) in [5.41, 5.74) is 0. The number of nitrogens with zero attached hydrogens (tertiary/aromatic N) is 1. The average molecular weight is 230 g/mol. The Bertz CT molecular complexity index is 231. The van der Waals surface area contributed by atoms with Crippen LogP contribution in [0.2, 0.25) is 0 Å². The Morgan fingerprint density at radius 2 is 2.00 bits per heavy atom. The maximum Gasteiger partial charge on any atom is 0.317 e. The van der Waals surface area contributed by atoms with E-state index in [9.17, 15) is 9.59 Å². The molecule has 0 aliphatic carbocycles. The first-order chi connectivity index (χ1) is 7.51. The smallest absolute Gasteiger partial charge is 0.317 e. The molecular formula is C11H22N2O3. The van der Waals surface area contributed by atoms with Crippen molar-refractivity contribution in [2.24, 2.45) is 0 Å². The number of aliphatic carboxylic acids is 1. The normalized spacial score (nSPS) is 11.9. The van der Waals surface area contributed by atoms with E-state index in [1.807, 2.05) is 20.8 Å². The van der Waals surface area contributed by atoms with Gasteiger partial charge < -0.3 is 15.3 Å². The fourth-order valence-electron chi connectivity index (χ4n) is 1.39. The lowest BCUT2D eigenvalue weighted by atomic mass is 10.2. The third-order valence-corrected chi connectivity index (χ3v) is 2.32. The Labute approximate surface area is 96.8 Å². The number of rotatable bonds is 7. The van der Waals surface area contributed by atoms with Gasteiger partial charge in [-0.1, -0.05) is 6.92 Å². The minimum atomic E-state index is -0.831. The van der Waals surface area contributed by atoms with Crippen molar-refractivity contribution in [2.75, 3.05) is 13.1 Å². The predicted molar refractivity (Wildman–Crippen MR) is 62.4 cm³/mol. The lowest BCUT2D eigenvalue weighted by molar-refractivity contribution is -0.137. The number of urea groups is 1. The molecule has 0 aromatic rings. The van der Waals surface area contributed by atoms with E-state index in [4.69, 9.17) is 5.11 Å². The van der Waals surface area contributed by atoms with Crippen molar-refractivity contribution in [1.82, 2.24) is 10.2 Å². The summed E-state index contributed by atoms with van der Waals surface area (Å²) in [4.78, 5) is 23.8. The Hall–Kier alpha value is -1.26. The first kappa shape index (κ1) is 14.7. The molecule has 2 N–H and O–H groups in total. The fourth-order valence-corrected chi connectivity index (χ4v) is 1.39. The third kappa shape index (κ3) is 6.27. The van der Waals surface area contributed by atoms with E-state index in [-0.39, 0.29) is 18.5 Å². The Morgan fingerprint density at radius 3 is 2.44 bits per heavy atom. The summed E-state index contributed by atoms with van der Waals surface area (Å²) in [5.74, 6) is -0.831. The molecule has 1 unspecified atom stereocenters. The van der Waals surface area contributed by atoms with Crippen molar-refractivity contribution in [1.29, 1.82) is 0 Å². The maximum absolute atomic E-state index is 11.7. The zero-order valence-electron chi connectivity index (χ0n) is 10.3. The highest BCUT2D eigenvalue weighted by Crippen LogP contribution is 1.99. The van der Waals surface area contributed by atoms with Crippen LogP contribution in [0, 0.1) is 0 Å². The summed E-state index contributed by atoms with van der Waals surface area (Å²) in [6.07, 6.45) is 1.47. The number of nitrogens with one attached hydrogen (secondary N) is 1. The maximum atomic E-state index is 11.7. The Kier molecular flexibility index (Phi) is 7.33. The van der Waals surface area contributed by atoms with Gasteiger partial charge in [0.1, 0.15) is 0 Å². The van der Waals surface area contributed by atoms with Crippen LogP contribution in [0.25, 0.3) is 0 Å². The van der Waals surface area contributed by atoms with Crippen LogP contribution in [0.5, 0.6) is 0 Å². The van der Waals surface area contributed by atoms with Crippen LogP contribution in [0.1, 0.15) is 40.0 Å². The van der Waals surface area contributed by atoms with Crippen molar-refractivity contribution in [2.45, 2.75) is 46.1 Å². The molecule has 0 saturated heterocycles. The number of carbonyl (C=O) groups excluding carboxylic acids is 1. The van der Waals surface area contributed by atoms with Gasteiger partial charge in [0.15, 0.2) is 0 Å². The van der Waals surface area contributed by atoms with Gasteiger partial charge in [-0.3, -0.25) is 4.79 Å². The summed E-state index contributed by atoms with van der Waals surface area (Å²) in [7, 11) is 0. The van der Waals surface area contributed by atoms with Crippen LogP contribution < -0.4 is 5.32 Å². The standard InChI is InChI=1S/C11H22N2O3/c1-4-8-13(5-2)11(16)12-9(3)6-7-10(14)15/h9H,4-8H2,1-3H3,(H,12,16)(H,14,15). The molecule has 2 amide bonds. The summed E-state index contributed by atoms with van der Waals surface area (Å²) in [5, 5.41) is 11.3. The highest BCUT2D eigenvalue weighted by molar-refractivity contribution is 5.74. The van der Waals surface area contributed by atoms with Crippen molar-refractivity contribution in [3.63, 3.8) is 0 Å². The van der Waals surface area contributed by atoms with Gasteiger partial charge >= 0.3 is 12.0 Å². The fraction of sp³-hybridized carbons (Fsp3) is 0.818. The van der Waals surface area contributed by atoms with Gasteiger partial charge in [-0.25, -0.2) is 4.79 Å². The molecule has 0 radical (unpaired) electrons. The third-order valence-electron chi connectivity index (χ3n) is 2.32. The molecule has 0 aromatic carbocycles. The zero-order chi connectivity index (χ0) is 12.6. The second-order valence-electron chi connectivity index (χ2n) is 3.86. The van der Waals surface area contributed by atoms with Crippen molar-refractivity contribution in [3.8, 4) is 0 Å². The van der Waals surface area contributed by atoms with Gasteiger partial charge in [-0.2, -0.15) is 0 Å². The van der Waals surface area contributed by atoms with Crippen LogP contribution in [0.15, 0.2) is 0 Å². The minimum Gasteiger partial charge on any atom is -0.481 e. The summed E-state index contributed by atoms with van der Waals surface area (Å²) >= 11 is 0. The second kappa shape index (κ2) is 7.96. The number of hydrogen-bond donors (Lipinski definition) is 2. The summed E-state index contributed by atoms with van der Waals surface area (Å²) < 4.78 is 0. The van der Waals surface area contributed by atoms with Gasteiger partial charge in [0.25, 0.3) is 0 Å². The molecule has 0 saturated carbocycles. The van der Waals surface area contributed by atoms with E-state index in [0.717, 1.165) is 13.0 Å². The molecule has 0 aliphatic heterocycles. The molecule has 5 heteroatoms. The van der Waals surface area contributed by atoms with E-state index in [1.54, 1.807) is 4.90 Å². The van der Waals surface area contributed by atoms with Crippen LogP contribution >= 0.6 is 0 Å². The highest BCUT2D eigenvalue weighted by atomic mass is 16.4. The molecule has 94 valence electrons. The number of carboxylic acids is 1. The molecule has 0 rings (SSSR count). The van der Waals surface area contributed by atoms with E-state index < -0.39 is 5.97 Å².